The molecule has 1 fully saturated rings. The van der Waals surface area contributed by atoms with Gasteiger partial charge in [-0.05, 0) is 38.1 Å². The molecular weight excluding hydrogens is 214 g/mol. The van der Waals surface area contributed by atoms with Gasteiger partial charge in [0.1, 0.15) is 18.5 Å². The van der Waals surface area contributed by atoms with E-state index in [1.165, 1.54) is 19.3 Å². The minimum Gasteiger partial charge on any atom is -0.491 e. The Hall–Kier alpha value is -1.06. The normalized spacial score (nSPS) is 18.9. The van der Waals surface area contributed by atoms with Crippen molar-refractivity contribution in [1.29, 1.82) is 0 Å². The SMILES string of the molecule is O[C@@H](COc1ccccc1)CN1CCCCC1. The van der Waals surface area contributed by atoms with Crippen LogP contribution < -0.4 is 4.74 Å². The molecular formula is C14H21NO2. The molecule has 2 rings (SSSR count). The van der Waals surface area contributed by atoms with Crippen molar-refractivity contribution in [3.8, 4) is 5.75 Å². The molecule has 3 heteroatoms. The fourth-order valence-electron chi connectivity index (χ4n) is 2.20. The molecule has 3 nitrogen and oxygen atoms in total. The summed E-state index contributed by atoms with van der Waals surface area (Å²) in [7, 11) is 0. The van der Waals surface area contributed by atoms with Gasteiger partial charge in [-0.2, -0.15) is 0 Å². The van der Waals surface area contributed by atoms with Crippen LogP contribution in [0.3, 0.4) is 0 Å². The third-order valence-corrected chi connectivity index (χ3v) is 3.10. The zero-order valence-electron chi connectivity index (χ0n) is 10.2. The summed E-state index contributed by atoms with van der Waals surface area (Å²) < 4.78 is 5.53. The van der Waals surface area contributed by atoms with Gasteiger partial charge in [-0.3, -0.25) is 0 Å². The third kappa shape index (κ3) is 4.36. The highest BCUT2D eigenvalue weighted by Crippen LogP contribution is 2.11. The zero-order valence-corrected chi connectivity index (χ0v) is 10.2. The lowest BCUT2D eigenvalue weighted by Gasteiger charge is -2.28. The van der Waals surface area contributed by atoms with E-state index in [4.69, 9.17) is 4.74 Å². The van der Waals surface area contributed by atoms with Gasteiger partial charge in [0.05, 0.1) is 0 Å². The molecule has 0 aromatic heterocycles. The Balaban J connectivity index is 1.68. The van der Waals surface area contributed by atoms with Crippen molar-refractivity contribution in [3.05, 3.63) is 30.3 Å². The molecule has 0 aliphatic carbocycles. The summed E-state index contributed by atoms with van der Waals surface area (Å²) in [5, 5.41) is 9.90. The number of likely N-dealkylation sites (tertiary alicyclic amines) is 1. The lowest BCUT2D eigenvalue weighted by Crippen LogP contribution is -2.38. The predicted molar refractivity (Wildman–Crippen MR) is 68.2 cm³/mol. The van der Waals surface area contributed by atoms with Crippen LogP contribution in [0.5, 0.6) is 5.75 Å². The van der Waals surface area contributed by atoms with Gasteiger partial charge in [0.25, 0.3) is 0 Å². The van der Waals surface area contributed by atoms with Crippen LogP contribution in [-0.2, 0) is 0 Å². The summed E-state index contributed by atoms with van der Waals surface area (Å²) in [4.78, 5) is 2.32. The molecule has 1 aromatic rings. The number of nitrogens with zero attached hydrogens (tertiary/aromatic N) is 1. The summed E-state index contributed by atoms with van der Waals surface area (Å²) in [6.07, 6.45) is 3.44. The lowest BCUT2D eigenvalue weighted by atomic mass is 10.1. The molecule has 1 heterocycles. The molecule has 1 aliphatic rings. The first-order valence-electron chi connectivity index (χ1n) is 6.43. The number of hydrogen-bond donors (Lipinski definition) is 1. The molecule has 0 unspecified atom stereocenters. The van der Waals surface area contributed by atoms with E-state index in [0.717, 1.165) is 25.4 Å². The number of β-amino-alcohol motifs (C(OH)–C–C–N with tert-alkyl or cyclic N) is 1. The Morgan fingerprint density at radius 2 is 1.82 bits per heavy atom. The fourth-order valence-corrected chi connectivity index (χ4v) is 2.20. The number of hydrogen-bond acceptors (Lipinski definition) is 3. The molecule has 94 valence electrons. The number of para-hydroxylation sites is 1. The Labute approximate surface area is 103 Å². The number of aliphatic hydroxyl groups excluding tert-OH is 1. The molecule has 0 radical (unpaired) electrons. The van der Waals surface area contributed by atoms with Crippen molar-refractivity contribution in [3.63, 3.8) is 0 Å². The molecule has 1 aromatic carbocycles. The lowest BCUT2D eigenvalue weighted by molar-refractivity contribution is 0.0617. The Bertz CT molecular complexity index is 309. The van der Waals surface area contributed by atoms with Crippen molar-refractivity contribution in [1.82, 2.24) is 4.90 Å². The van der Waals surface area contributed by atoms with E-state index in [1.54, 1.807) is 0 Å². The van der Waals surface area contributed by atoms with Crippen molar-refractivity contribution < 1.29 is 9.84 Å². The molecule has 1 atom stereocenters. The number of rotatable bonds is 5. The van der Waals surface area contributed by atoms with Crippen LogP contribution in [-0.4, -0.2) is 42.4 Å². The monoisotopic (exact) mass is 235 g/mol. The van der Waals surface area contributed by atoms with Gasteiger partial charge in [0, 0.05) is 6.54 Å². The van der Waals surface area contributed by atoms with Crippen molar-refractivity contribution >= 4 is 0 Å². The molecule has 0 spiro atoms. The number of benzene rings is 1. The van der Waals surface area contributed by atoms with E-state index in [0.29, 0.717) is 6.61 Å². The Morgan fingerprint density at radius 1 is 1.12 bits per heavy atom. The standard InChI is InChI=1S/C14H21NO2/c16-13(11-15-9-5-2-6-10-15)12-17-14-7-3-1-4-8-14/h1,3-4,7-8,13,16H,2,5-6,9-12H2/t13-/m1/s1. The maximum Gasteiger partial charge on any atom is 0.119 e. The topological polar surface area (TPSA) is 32.7 Å². The van der Waals surface area contributed by atoms with Crippen LogP contribution in [0.1, 0.15) is 19.3 Å². The fraction of sp³-hybridized carbons (Fsp3) is 0.571. The maximum atomic E-state index is 9.90. The van der Waals surface area contributed by atoms with Gasteiger partial charge in [0.15, 0.2) is 0 Å². The summed E-state index contributed by atoms with van der Waals surface area (Å²) in [6.45, 7) is 3.33. The van der Waals surface area contributed by atoms with Gasteiger partial charge >= 0.3 is 0 Å². The summed E-state index contributed by atoms with van der Waals surface area (Å²) in [5.41, 5.74) is 0. The summed E-state index contributed by atoms with van der Waals surface area (Å²) >= 11 is 0. The summed E-state index contributed by atoms with van der Waals surface area (Å²) in [5.74, 6) is 0.824. The van der Waals surface area contributed by atoms with Crippen LogP contribution in [0, 0.1) is 0 Å². The van der Waals surface area contributed by atoms with Gasteiger partial charge in [0.2, 0.25) is 0 Å². The van der Waals surface area contributed by atoms with Crippen LogP contribution in [0.2, 0.25) is 0 Å². The first-order chi connectivity index (χ1) is 8.34. The van der Waals surface area contributed by atoms with E-state index in [-0.39, 0.29) is 0 Å². The van der Waals surface area contributed by atoms with Gasteiger partial charge < -0.3 is 14.7 Å². The van der Waals surface area contributed by atoms with Gasteiger partial charge in [-0.15, -0.1) is 0 Å². The largest absolute Gasteiger partial charge is 0.491 e. The average Bonchev–Trinajstić information content (AvgIpc) is 2.39. The van der Waals surface area contributed by atoms with Crippen molar-refractivity contribution in [2.45, 2.75) is 25.4 Å². The molecule has 0 amide bonds. The molecule has 0 saturated carbocycles. The van der Waals surface area contributed by atoms with Crippen molar-refractivity contribution in [2.24, 2.45) is 0 Å². The second-order valence-corrected chi connectivity index (χ2v) is 4.64. The smallest absolute Gasteiger partial charge is 0.119 e. The second kappa shape index (κ2) is 6.62. The summed E-state index contributed by atoms with van der Waals surface area (Å²) in [6, 6.07) is 9.65. The third-order valence-electron chi connectivity index (χ3n) is 3.10. The van der Waals surface area contributed by atoms with E-state index in [1.807, 2.05) is 30.3 Å². The highest BCUT2D eigenvalue weighted by Gasteiger charge is 2.14. The quantitative estimate of drug-likeness (QED) is 0.846. The molecule has 1 saturated heterocycles. The van der Waals surface area contributed by atoms with Crippen molar-refractivity contribution in [2.75, 3.05) is 26.2 Å². The van der Waals surface area contributed by atoms with Crippen LogP contribution >= 0.6 is 0 Å². The van der Waals surface area contributed by atoms with Gasteiger partial charge in [-0.1, -0.05) is 24.6 Å². The van der Waals surface area contributed by atoms with E-state index < -0.39 is 6.10 Å². The molecule has 0 bridgehead atoms. The van der Waals surface area contributed by atoms with Crippen LogP contribution in [0.4, 0.5) is 0 Å². The predicted octanol–water partition coefficient (Wildman–Crippen LogP) is 1.91. The number of piperidine rings is 1. The minimum absolute atomic E-state index is 0.376. The number of aliphatic hydroxyl groups is 1. The van der Waals surface area contributed by atoms with E-state index in [9.17, 15) is 5.11 Å². The Kier molecular flexibility index (Phi) is 4.83. The average molecular weight is 235 g/mol. The second-order valence-electron chi connectivity index (χ2n) is 4.64. The first kappa shape index (κ1) is 12.4. The number of ether oxygens (including phenoxy) is 1. The molecule has 1 aliphatic heterocycles. The highest BCUT2D eigenvalue weighted by atomic mass is 16.5. The first-order valence-corrected chi connectivity index (χ1v) is 6.43. The van der Waals surface area contributed by atoms with E-state index in [2.05, 4.69) is 4.90 Å². The van der Waals surface area contributed by atoms with Crippen LogP contribution in [0.25, 0.3) is 0 Å². The van der Waals surface area contributed by atoms with Gasteiger partial charge in [-0.25, -0.2) is 0 Å². The highest BCUT2D eigenvalue weighted by molar-refractivity contribution is 5.20. The molecule has 1 N–H and O–H groups in total. The molecule has 17 heavy (non-hydrogen) atoms. The van der Waals surface area contributed by atoms with Crippen LogP contribution in [0.15, 0.2) is 30.3 Å². The minimum atomic E-state index is -0.395. The van der Waals surface area contributed by atoms with E-state index >= 15 is 0 Å². The zero-order chi connectivity index (χ0) is 11.9. The maximum absolute atomic E-state index is 9.90. The Morgan fingerprint density at radius 3 is 2.53 bits per heavy atom.